The number of thiophene rings is 1. The number of ether oxygens (including phenoxy) is 1. The summed E-state index contributed by atoms with van der Waals surface area (Å²) in [7, 11) is 1.58. The largest absolute Gasteiger partial charge is 0.495 e. The first kappa shape index (κ1) is 20.3. The van der Waals surface area contributed by atoms with E-state index in [0.717, 1.165) is 23.4 Å². The number of carbonyl (C=O) groups is 1. The van der Waals surface area contributed by atoms with Gasteiger partial charge in [0.15, 0.2) is 0 Å². The van der Waals surface area contributed by atoms with Crippen molar-refractivity contribution < 1.29 is 9.53 Å². The number of nitrogens with one attached hydrogen (secondary N) is 1. The number of tetrazole rings is 1. The summed E-state index contributed by atoms with van der Waals surface area (Å²) in [6.45, 7) is 3.68. The third kappa shape index (κ3) is 4.29. The van der Waals surface area contributed by atoms with Gasteiger partial charge in [-0.25, -0.2) is 4.79 Å². The van der Waals surface area contributed by atoms with E-state index in [2.05, 4.69) is 20.6 Å². The molecule has 3 heterocycles. The van der Waals surface area contributed by atoms with Gasteiger partial charge in [0.05, 0.1) is 25.4 Å². The van der Waals surface area contributed by atoms with E-state index in [1.54, 1.807) is 7.11 Å². The lowest BCUT2D eigenvalue weighted by Gasteiger charge is -2.30. The molecule has 0 spiro atoms. The zero-order chi connectivity index (χ0) is 21.1. The third-order valence-corrected chi connectivity index (χ3v) is 6.06. The summed E-state index contributed by atoms with van der Waals surface area (Å²) in [6, 6.07) is 9.39. The fourth-order valence-corrected chi connectivity index (χ4v) is 4.32. The summed E-state index contributed by atoms with van der Waals surface area (Å²) in [5.74, 6) is 0.555. The molecule has 0 atom stereocenters. The van der Waals surface area contributed by atoms with Crippen LogP contribution in [0.15, 0.2) is 40.5 Å². The van der Waals surface area contributed by atoms with E-state index in [1.807, 2.05) is 42.6 Å². The monoisotopic (exact) mass is 428 g/mol. The minimum Gasteiger partial charge on any atom is -0.495 e. The number of amides is 1. The normalized spacial score (nSPS) is 15.3. The van der Waals surface area contributed by atoms with Crippen LogP contribution in [0.5, 0.6) is 5.75 Å². The number of methoxy groups -OCH3 is 1. The first-order valence-electron chi connectivity index (χ1n) is 9.80. The number of carbonyl (C=O) groups excluding carboxylic acids is 1. The number of aryl methyl sites for hydroxylation is 1. The van der Waals surface area contributed by atoms with Crippen LogP contribution in [0.1, 0.15) is 24.4 Å². The Balaban J connectivity index is 1.34. The van der Waals surface area contributed by atoms with Crippen LogP contribution in [-0.4, -0.2) is 57.3 Å². The molecule has 1 saturated heterocycles. The summed E-state index contributed by atoms with van der Waals surface area (Å²) in [4.78, 5) is 27.2. The van der Waals surface area contributed by atoms with Gasteiger partial charge in [-0.05, 0) is 65.4 Å². The van der Waals surface area contributed by atoms with E-state index in [1.165, 1.54) is 20.7 Å². The van der Waals surface area contributed by atoms with E-state index in [-0.39, 0.29) is 17.6 Å². The molecule has 2 aromatic heterocycles. The Morgan fingerprint density at radius 1 is 1.27 bits per heavy atom. The van der Waals surface area contributed by atoms with E-state index in [9.17, 15) is 9.59 Å². The minimum absolute atomic E-state index is 0.0117. The number of aromatic nitrogens is 4. The van der Waals surface area contributed by atoms with Crippen LogP contribution in [0.25, 0.3) is 5.00 Å². The first-order valence-corrected chi connectivity index (χ1v) is 10.7. The maximum Gasteiger partial charge on any atom is 0.369 e. The highest BCUT2D eigenvalue weighted by Gasteiger charge is 2.25. The standard InChI is InChI=1S/C20H24N6O3S/c1-14-5-6-17(29-2)16(12-14)21-18(27)13-24-9-7-15(8-10-24)25-20(28)26(23-22-25)19-4-3-11-30-19/h3-6,11-12,15H,7-10,13H2,1-2H3,(H,21,27). The number of rotatable bonds is 6. The molecule has 1 fully saturated rings. The highest BCUT2D eigenvalue weighted by atomic mass is 32.1. The zero-order valence-electron chi connectivity index (χ0n) is 16.9. The Morgan fingerprint density at radius 2 is 2.07 bits per heavy atom. The van der Waals surface area contributed by atoms with Gasteiger partial charge in [-0.15, -0.1) is 11.3 Å². The van der Waals surface area contributed by atoms with Gasteiger partial charge in [0.2, 0.25) is 5.91 Å². The second-order valence-electron chi connectivity index (χ2n) is 7.33. The predicted octanol–water partition coefficient (Wildman–Crippen LogP) is 2.08. The number of likely N-dealkylation sites (tertiary alicyclic amines) is 1. The molecule has 9 nitrogen and oxygen atoms in total. The van der Waals surface area contributed by atoms with Gasteiger partial charge in [-0.2, -0.15) is 9.36 Å². The average molecular weight is 429 g/mol. The van der Waals surface area contributed by atoms with Crippen molar-refractivity contribution in [3.05, 3.63) is 51.8 Å². The smallest absolute Gasteiger partial charge is 0.369 e. The molecule has 0 saturated carbocycles. The summed E-state index contributed by atoms with van der Waals surface area (Å²) in [5.41, 5.74) is 1.50. The molecule has 1 aliphatic rings. The first-order chi connectivity index (χ1) is 14.5. The SMILES string of the molecule is COc1ccc(C)cc1NC(=O)CN1CCC(n2nnn(-c3cccs3)c2=O)CC1. The van der Waals surface area contributed by atoms with E-state index < -0.39 is 0 Å². The fourth-order valence-electron chi connectivity index (χ4n) is 3.65. The lowest BCUT2D eigenvalue weighted by Crippen LogP contribution is -2.41. The van der Waals surface area contributed by atoms with Crippen molar-refractivity contribution in [2.24, 2.45) is 0 Å². The maximum absolute atomic E-state index is 12.6. The average Bonchev–Trinajstić information content (AvgIpc) is 3.38. The van der Waals surface area contributed by atoms with Crippen molar-refractivity contribution in [3.63, 3.8) is 0 Å². The molecular weight excluding hydrogens is 404 g/mol. The van der Waals surface area contributed by atoms with Crippen LogP contribution < -0.4 is 15.7 Å². The van der Waals surface area contributed by atoms with Crippen molar-refractivity contribution in [3.8, 4) is 10.8 Å². The Bertz CT molecular complexity index is 1070. The highest BCUT2D eigenvalue weighted by Crippen LogP contribution is 2.25. The van der Waals surface area contributed by atoms with Gasteiger partial charge in [0.1, 0.15) is 10.8 Å². The van der Waals surface area contributed by atoms with Gasteiger partial charge in [-0.3, -0.25) is 9.69 Å². The number of anilines is 1. The molecule has 1 aromatic carbocycles. The van der Waals surface area contributed by atoms with Crippen molar-refractivity contribution in [2.45, 2.75) is 25.8 Å². The van der Waals surface area contributed by atoms with Gasteiger partial charge in [0.25, 0.3) is 0 Å². The molecule has 1 amide bonds. The summed E-state index contributed by atoms with van der Waals surface area (Å²) >= 11 is 1.45. The molecule has 1 N–H and O–H groups in total. The molecule has 0 radical (unpaired) electrons. The van der Waals surface area contributed by atoms with Gasteiger partial charge >= 0.3 is 5.69 Å². The van der Waals surface area contributed by atoms with Crippen molar-refractivity contribution in [2.75, 3.05) is 32.1 Å². The summed E-state index contributed by atoms with van der Waals surface area (Å²) in [5, 5.41) is 13.7. The summed E-state index contributed by atoms with van der Waals surface area (Å²) in [6.07, 6.45) is 1.48. The molecular formula is C20H24N6O3S. The second kappa shape index (κ2) is 8.80. The molecule has 1 aliphatic heterocycles. The lowest BCUT2D eigenvalue weighted by molar-refractivity contribution is -0.117. The second-order valence-corrected chi connectivity index (χ2v) is 8.25. The number of benzene rings is 1. The Labute approximate surface area is 177 Å². The molecule has 4 rings (SSSR count). The van der Waals surface area contributed by atoms with Crippen LogP contribution in [0.3, 0.4) is 0 Å². The van der Waals surface area contributed by atoms with Crippen molar-refractivity contribution in [1.82, 2.24) is 24.7 Å². The van der Waals surface area contributed by atoms with Crippen LogP contribution in [0.4, 0.5) is 5.69 Å². The number of nitrogens with zero attached hydrogens (tertiary/aromatic N) is 5. The van der Waals surface area contributed by atoms with Crippen LogP contribution in [0.2, 0.25) is 0 Å². The molecule has 10 heteroatoms. The number of hydrogen-bond acceptors (Lipinski definition) is 7. The zero-order valence-corrected chi connectivity index (χ0v) is 17.8. The quantitative estimate of drug-likeness (QED) is 0.646. The van der Waals surface area contributed by atoms with Crippen LogP contribution >= 0.6 is 11.3 Å². The predicted molar refractivity (Wildman–Crippen MR) is 115 cm³/mol. The Kier molecular flexibility index (Phi) is 5.96. The Hall–Kier alpha value is -2.98. The molecule has 30 heavy (non-hydrogen) atoms. The van der Waals surface area contributed by atoms with Gasteiger partial charge in [0, 0.05) is 13.1 Å². The maximum atomic E-state index is 12.6. The van der Waals surface area contributed by atoms with Crippen molar-refractivity contribution in [1.29, 1.82) is 0 Å². The van der Waals surface area contributed by atoms with E-state index in [4.69, 9.17) is 4.74 Å². The minimum atomic E-state index is -0.222. The number of piperidine rings is 1. The highest BCUT2D eigenvalue weighted by molar-refractivity contribution is 7.12. The number of hydrogen-bond donors (Lipinski definition) is 1. The van der Waals surface area contributed by atoms with Crippen molar-refractivity contribution >= 4 is 22.9 Å². The molecule has 0 bridgehead atoms. The van der Waals surface area contributed by atoms with Gasteiger partial charge in [-0.1, -0.05) is 6.07 Å². The van der Waals surface area contributed by atoms with Crippen LogP contribution in [0, 0.1) is 6.92 Å². The molecule has 3 aromatic rings. The topological polar surface area (TPSA) is 94.3 Å². The third-order valence-electron chi connectivity index (χ3n) is 5.22. The molecule has 158 valence electrons. The molecule has 0 aliphatic carbocycles. The molecule has 0 unspecified atom stereocenters. The van der Waals surface area contributed by atoms with Gasteiger partial charge < -0.3 is 10.1 Å². The van der Waals surface area contributed by atoms with E-state index in [0.29, 0.717) is 31.1 Å². The van der Waals surface area contributed by atoms with E-state index >= 15 is 0 Å². The Morgan fingerprint density at radius 3 is 2.77 bits per heavy atom. The van der Waals surface area contributed by atoms with Crippen LogP contribution in [-0.2, 0) is 4.79 Å². The summed E-state index contributed by atoms with van der Waals surface area (Å²) < 4.78 is 8.12. The lowest BCUT2D eigenvalue weighted by atomic mass is 10.1. The fraction of sp³-hybridized carbons (Fsp3) is 0.400.